The van der Waals surface area contributed by atoms with Gasteiger partial charge in [-0.15, -0.1) is 0 Å². The molecule has 26 heavy (non-hydrogen) atoms. The van der Waals surface area contributed by atoms with E-state index in [-0.39, 0.29) is 12.4 Å². The van der Waals surface area contributed by atoms with Crippen LogP contribution in [0.4, 0.5) is 8.78 Å². The third-order valence-corrected chi connectivity index (χ3v) is 3.25. The number of hydrogen-bond donors (Lipinski definition) is 0. The van der Waals surface area contributed by atoms with Crippen LogP contribution < -0.4 is 4.74 Å². The maximum absolute atomic E-state index is 12.1. The Bertz CT molecular complexity index is 785. The second-order valence-electron chi connectivity index (χ2n) is 5.08. The Morgan fingerprint density at radius 3 is 2.50 bits per heavy atom. The van der Waals surface area contributed by atoms with Crippen molar-refractivity contribution in [1.29, 1.82) is 0 Å². The summed E-state index contributed by atoms with van der Waals surface area (Å²) in [5.74, 6) is -1.02. The highest BCUT2D eigenvalue weighted by atomic mass is 19.3. The topological polar surface area (TPSA) is 61.8 Å². The minimum atomic E-state index is -2.89. The molecule has 2 aromatic carbocycles. The summed E-state index contributed by atoms with van der Waals surface area (Å²) < 4.78 is 38.1. The lowest BCUT2D eigenvalue weighted by Crippen LogP contribution is -2.04. The first-order chi connectivity index (χ1) is 12.5. The van der Waals surface area contributed by atoms with Crippen molar-refractivity contribution in [2.24, 2.45) is 0 Å². The summed E-state index contributed by atoms with van der Waals surface area (Å²) in [6.45, 7) is -2.89. The molecule has 0 spiro atoms. The average molecular weight is 362 g/mol. The van der Waals surface area contributed by atoms with Gasteiger partial charge < -0.3 is 14.2 Å². The molecule has 5 nitrogen and oxygen atoms in total. The quantitative estimate of drug-likeness (QED) is 0.553. The number of hydrogen-bond acceptors (Lipinski definition) is 5. The maximum atomic E-state index is 12.1. The smallest absolute Gasteiger partial charge is 0.387 e. The summed E-state index contributed by atoms with van der Waals surface area (Å²) in [5, 5.41) is 0. The highest BCUT2D eigenvalue weighted by Gasteiger charge is 2.07. The molecule has 0 fully saturated rings. The molecule has 0 bridgehead atoms. The number of rotatable bonds is 7. The van der Waals surface area contributed by atoms with Crippen LogP contribution in [0.1, 0.15) is 21.5 Å². The van der Waals surface area contributed by atoms with Crippen LogP contribution in [0.15, 0.2) is 54.6 Å². The van der Waals surface area contributed by atoms with Gasteiger partial charge in [0.25, 0.3) is 0 Å². The van der Waals surface area contributed by atoms with E-state index in [9.17, 15) is 18.4 Å². The molecule has 0 N–H and O–H groups in total. The molecule has 0 aliphatic rings. The Morgan fingerprint density at radius 1 is 1.12 bits per heavy atom. The van der Waals surface area contributed by atoms with Gasteiger partial charge in [0, 0.05) is 6.08 Å². The van der Waals surface area contributed by atoms with Gasteiger partial charge in [-0.3, -0.25) is 0 Å². The van der Waals surface area contributed by atoms with Gasteiger partial charge in [-0.25, -0.2) is 9.59 Å². The Hall–Kier alpha value is -3.22. The van der Waals surface area contributed by atoms with Crippen molar-refractivity contribution in [1.82, 2.24) is 0 Å². The van der Waals surface area contributed by atoms with Crippen molar-refractivity contribution in [2.45, 2.75) is 13.2 Å². The highest BCUT2D eigenvalue weighted by Crippen LogP contribution is 2.15. The molecule has 136 valence electrons. The molecule has 7 heteroatoms. The van der Waals surface area contributed by atoms with Crippen LogP contribution in [0, 0.1) is 0 Å². The lowest BCUT2D eigenvalue weighted by molar-refractivity contribution is -0.138. The number of benzene rings is 2. The fourth-order valence-corrected chi connectivity index (χ4v) is 2.03. The van der Waals surface area contributed by atoms with Crippen LogP contribution in [0.5, 0.6) is 5.75 Å². The first-order valence-corrected chi connectivity index (χ1v) is 7.55. The van der Waals surface area contributed by atoms with Gasteiger partial charge in [-0.2, -0.15) is 8.78 Å². The van der Waals surface area contributed by atoms with Crippen molar-refractivity contribution in [3.8, 4) is 5.75 Å². The van der Waals surface area contributed by atoms with Crippen LogP contribution in [-0.2, 0) is 20.9 Å². The number of methoxy groups -OCH3 is 1. The predicted octanol–water partition coefficient (Wildman–Crippen LogP) is 3.83. The molecular formula is C19H16F2O5. The second-order valence-corrected chi connectivity index (χ2v) is 5.08. The summed E-state index contributed by atoms with van der Waals surface area (Å²) in [6.07, 6.45) is 2.70. The molecule has 0 atom stereocenters. The zero-order valence-electron chi connectivity index (χ0n) is 13.9. The van der Waals surface area contributed by atoms with Gasteiger partial charge in [0.15, 0.2) is 0 Å². The van der Waals surface area contributed by atoms with E-state index in [4.69, 9.17) is 4.74 Å². The molecular weight excluding hydrogens is 346 g/mol. The molecule has 0 saturated carbocycles. The van der Waals surface area contributed by atoms with Crippen LogP contribution >= 0.6 is 0 Å². The van der Waals surface area contributed by atoms with Gasteiger partial charge in [0.05, 0.1) is 12.7 Å². The largest absolute Gasteiger partial charge is 0.465 e. The number of alkyl halides is 2. The van der Waals surface area contributed by atoms with Gasteiger partial charge in [-0.1, -0.05) is 24.3 Å². The third kappa shape index (κ3) is 6.01. The normalized spacial score (nSPS) is 10.8. The van der Waals surface area contributed by atoms with Crippen molar-refractivity contribution in [2.75, 3.05) is 7.11 Å². The van der Waals surface area contributed by atoms with Crippen LogP contribution in [-0.4, -0.2) is 25.7 Å². The molecule has 0 unspecified atom stereocenters. The van der Waals surface area contributed by atoms with Crippen LogP contribution in [0.2, 0.25) is 0 Å². The standard InChI is InChI=1S/C19H16F2O5/c1-24-18(23)15-4-2-3-14(11-15)12-25-17(22)10-7-13-5-8-16(9-6-13)26-19(20)21/h2-11,19H,12H2,1H3/b10-7+. The Labute approximate surface area is 148 Å². The lowest BCUT2D eigenvalue weighted by atomic mass is 10.1. The van der Waals surface area contributed by atoms with E-state index < -0.39 is 18.6 Å². The molecule has 0 aromatic heterocycles. The van der Waals surface area contributed by atoms with Gasteiger partial charge in [0.1, 0.15) is 12.4 Å². The Kier molecular flexibility index (Phi) is 6.84. The maximum Gasteiger partial charge on any atom is 0.387 e. The van der Waals surface area contributed by atoms with E-state index in [0.29, 0.717) is 16.7 Å². The monoisotopic (exact) mass is 362 g/mol. The van der Waals surface area contributed by atoms with E-state index in [2.05, 4.69) is 9.47 Å². The fraction of sp³-hybridized carbons (Fsp3) is 0.158. The van der Waals surface area contributed by atoms with Gasteiger partial charge in [-0.05, 0) is 41.5 Å². The molecule has 0 aliphatic carbocycles. The molecule has 2 rings (SSSR count). The van der Waals surface area contributed by atoms with E-state index in [0.717, 1.165) is 0 Å². The summed E-state index contributed by atoms with van der Waals surface area (Å²) >= 11 is 0. The molecule has 0 saturated heterocycles. The molecule has 0 amide bonds. The van der Waals surface area contributed by atoms with E-state index in [1.54, 1.807) is 24.3 Å². The minimum Gasteiger partial charge on any atom is -0.465 e. The first-order valence-electron chi connectivity index (χ1n) is 7.55. The molecule has 2 aromatic rings. The summed E-state index contributed by atoms with van der Waals surface area (Å²) in [5.41, 5.74) is 1.63. The number of halogens is 2. The van der Waals surface area contributed by atoms with Crippen molar-refractivity contribution < 1.29 is 32.6 Å². The lowest BCUT2D eigenvalue weighted by Gasteiger charge is -2.05. The predicted molar refractivity (Wildman–Crippen MR) is 89.7 cm³/mol. The van der Waals surface area contributed by atoms with Crippen molar-refractivity contribution >= 4 is 18.0 Å². The van der Waals surface area contributed by atoms with E-state index in [1.807, 2.05) is 0 Å². The van der Waals surface area contributed by atoms with E-state index in [1.165, 1.54) is 43.5 Å². The summed E-state index contributed by atoms with van der Waals surface area (Å²) in [6, 6.07) is 12.3. The molecule has 0 radical (unpaired) electrons. The van der Waals surface area contributed by atoms with Crippen LogP contribution in [0.3, 0.4) is 0 Å². The van der Waals surface area contributed by atoms with Crippen molar-refractivity contribution in [3.05, 3.63) is 71.3 Å². The van der Waals surface area contributed by atoms with Crippen LogP contribution in [0.25, 0.3) is 6.08 Å². The Morgan fingerprint density at radius 2 is 1.85 bits per heavy atom. The molecule has 0 heterocycles. The van der Waals surface area contributed by atoms with Gasteiger partial charge >= 0.3 is 18.6 Å². The third-order valence-electron chi connectivity index (χ3n) is 3.25. The second kappa shape index (κ2) is 9.31. The van der Waals surface area contributed by atoms with Gasteiger partial charge in [0.2, 0.25) is 0 Å². The number of carbonyl (C=O) groups excluding carboxylic acids is 2. The highest BCUT2D eigenvalue weighted by molar-refractivity contribution is 5.89. The first kappa shape index (κ1) is 19.1. The van der Waals surface area contributed by atoms with Crippen molar-refractivity contribution in [3.63, 3.8) is 0 Å². The SMILES string of the molecule is COC(=O)c1cccc(COC(=O)/C=C/c2ccc(OC(F)F)cc2)c1. The number of esters is 2. The zero-order chi connectivity index (χ0) is 18.9. The molecule has 0 aliphatic heterocycles. The van der Waals surface area contributed by atoms with E-state index >= 15 is 0 Å². The average Bonchev–Trinajstić information content (AvgIpc) is 2.65. The minimum absolute atomic E-state index is 0.00479. The summed E-state index contributed by atoms with van der Waals surface area (Å²) in [4.78, 5) is 23.2. The summed E-state index contributed by atoms with van der Waals surface area (Å²) in [7, 11) is 1.28. The number of ether oxygens (including phenoxy) is 3. The number of carbonyl (C=O) groups is 2. The Balaban J connectivity index is 1.88. The zero-order valence-corrected chi connectivity index (χ0v) is 13.9. The fourth-order valence-electron chi connectivity index (χ4n) is 2.03.